The van der Waals surface area contributed by atoms with E-state index in [0.29, 0.717) is 29.0 Å². The van der Waals surface area contributed by atoms with Crippen molar-refractivity contribution < 1.29 is 14.3 Å². The summed E-state index contributed by atoms with van der Waals surface area (Å²) in [5.74, 6) is -0.367. The van der Waals surface area contributed by atoms with E-state index in [0.717, 1.165) is 47.5 Å². The van der Waals surface area contributed by atoms with Gasteiger partial charge in [-0.15, -0.1) is 13.2 Å². The highest BCUT2D eigenvalue weighted by Crippen LogP contribution is 2.41. The number of nitrogens with one attached hydrogen (secondary N) is 1. The monoisotopic (exact) mass is 576 g/mol. The van der Waals surface area contributed by atoms with Gasteiger partial charge in [0.25, 0.3) is 0 Å². The normalized spacial score (nSPS) is 15.1. The molecular weight excluding hydrogens is 535 g/mol. The number of aromatic nitrogens is 1. The number of halogens is 2. The van der Waals surface area contributed by atoms with Crippen molar-refractivity contribution in [2.24, 2.45) is 5.92 Å². The van der Waals surface area contributed by atoms with Crippen LogP contribution in [0.25, 0.3) is 11.3 Å². The van der Waals surface area contributed by atoms with Gasteiger partial charge >= 0.3 is 0 Å². The van der Waals surface area contributed by atoms with E-state index in [-0.39, 0.29) is 30.5 Å². The van der Waals surface area contributed by atoms with E-state index in [4.69, 9.17) is 11.6 Å². The van der Waals surface area contributed by atoms with E-state index >= 15 is 4.39 Å². The summed E-state index contributed by atoms with van der Waals surface area (Å²) in [4.78, 5) is 13.6. The number of hydrogen-bond donors (Lipinski definition) is 2. The molecule has 0 spiro atoms. The predicted molar refractivity (Wildman–Crippen MR) is 169 cm³/mol. The molecule has 0 amide bonds. The number of nitrogens with zero attached hydrogens (tertiary/aromatic N) is 1. The van der Waals surface area contributed by atoms with Crippen molar-refractivity contribution in [2.45, 2.75) is 51.9 Å². The lowest BCUT2D eigenvalue weighted by atomic mass is 9.85. The first kappa shape index (κ1) is 32.3. The summed E-state index contributed by atoms with van der Waals surface area (Å²) in [5.41, 5.74) is 5.76. The quantitative estimate of drug-likeness (QED) is 0.214. The smallest absolute Gasteiger partial charge is 0.137 e. The number of aliphatic hydroxyl groups excluding tert-OH is 1. The lowest BCUT2D eigenvalue weighted by molar-refractivity contribution is -0.119. The van der Waals surface area contributed by atoms with Gasteiger partial charge in [-0.3, -0.25) is 4.79 Å². The van der Waals surface area contributed by atoms with Crippen LogP contribution in [-0.4, -0.2) is 35.7 Å². The second-order valence-electron chi connectivity index (χ2n) is 10.4. The summed E-state index contributed by atoms with van der Waals surface area (Å²) in [6.45, 7) is 10.6. The van der Waals surface area contributed by atoms with Crippen LogP contribution < -0.4 is 5.32 Å². The molecule has 2 heterocycles. The van der Waals surface area contributed by atoms with E-state index in [1.54, 1.807) is 13.0 Å². The predicted octanol–water partition coefficient (Wildman–Crippen LogP) is 8.20. The second kappa shape index (κ2) is 15.7. The number of ketones is 1. The molecular formula is C35H42ClFN2O2. The Hall–Kier alpha value is -3.25. The number of carbonyl (C=O) groups is 1. The summed E-state index contributed by atoms with van der Waals surface area (Å²) in [7, 11) is 1.91. The molecule has 0 saturated heterocycles. The van der Waals surface area contributed by atoms with Gasteiger partial charge in [0.2, 0.25) is 0 Å². The minimum atomic E-state index is -0.394. The Morgan fingerprint density at radius 2 is 1.95 bits per heavy atom. The number of aryl methyl sites for hydroxylation is 1. The standard InChI is InChI=1S/C33H38ClFN2O2.C2H4/c1-4-7-24(21-38)16-23(13-14-36-3)17-27(39)18-25-19-29(28-9-5-8-22(2)33(28)35)30-20-26(34)11-12-32(30)37-15-6-10-31(25)37;1-2/h5-12,15,19-20,23,29,36,38H,4,13-14,16-18,21H2,1-3H3;1-2H2/b24-7-;. The number of carbonyl (C=O) groups excluding carboxylic acids is 1. The number of aliphatic hydroxyl groups is 1. The van der Waals surface area contributed by atoms with Crippen LogP contribution in [-0.2, 0) is 4.79 Å². The maximum atomic E-state index is 15.5. The average Bonchev–Trinajstić information content (AvgIpc) is 3.42. The molecule has 41 heavy (non-hydrogen) atoms. The summed E-state index contributed by atoms with van der Waals surface area (Å²) >= 11 is 6.44. The molecule has 2 atom stereocenters. The van der Waals surface area contributed by atoms with E-state index < -0.39 is 5.92 Å². The molecule has 0 aliphatic carbocycles. The third-order valence-corrected chi connectivity index (χ3v) is 7.77. The third kappa shape index (κ3) is 7.94. The van der Waals surface area contributed by atoms with E-state index in [1.807, 2.05) is 61.8 Å². The van der Waals surface area contributed by atoms with Crippen LogP contribution in [0, 0.1) is 18.7 Å². The minimum absolute atomic E-state index is 0.0152. The van der Waals surface area contributed by atoms with Gasteiger partial charge in [-0.25, -0.2) is 4.39 Å². The first-order valence-corrected chi connectivity index (χ1v) is 14.6. The molecule has 2 unspecified atom stereocenters. The Labute approximate surface area is 249 Å². The molecule has 218 valence electrons. The number of fused-ring (bicyclic) bond motifs is 3. The van der Waals surface area contributed by atoms with Gasteiger partial charge in [-0.05, 0) is 104 Å². The Morgan fingerprint density at radius 3 is 2.66 bits per heavy atom. The van der Waals surface area contributed by atoms with E-state index in [1.165, 1.54) is 0 Å². The molecule has 3 aromatic rings. The molecule has 0 radical (unpaired) electrons. The van der Waals surface area contributed by atoms with Gasteiger partial charge in [-0.1, -0.05) is 48.9 Å². The zero-order valence-electron chi connectivity index (χ0n) is 24.4. The van der Waals surface area contributed by atoms with Crippen LogP contribution in [0.15, 0.2) is 85.6 Å². The first-order valence-electron chi connectivity index (χ1n) is 14.2. The Morgan fingerprint density at radius 1 is 1.17 bits per heavy atom. The maximum absolute atomic E-state index is 15.5. The topological polar surface area (TPSA) is 54.3 Å². The lowest BCUT2D eigenvalue weighted by Crippen LogP contribution is -2.17. The highest BCUT2D eigenvalue weighted by Gasteiger charge is 2.27. The Kier molecular flexibility index (Phi) is 12.3. The van der Waals surface area contributed by atoms with Crippen molar-refractivity contribution in [1.82, 2.24) is 9.88 Å². The van der Waals surface area contributed by atoms with Gasteiger partial charge in [0.1, 0.15) is 11.6 Å². The van der Waals surface area contributed by atoms with Crippen molar-refractivity contribution in [1.29, 1.82) is 0 Å². The van der Waals surface area contributed by atoms with Crippen LogP contribution in [0.5, 0.6) is 0 Å². The van der Waals surface area contributed by atoms with Crippen molar-refractivity contribution >= 4 is 23.0 Å². The fourth-order valence-electron chi connectivity index (χ4n) is 5.64. The Balaban J connectivity index is 0.00000226. The molecule has 1 aromatic heterocycles. The van der Waals surface area contributed by atoms with Crippen LogP contribution in [0.4, 0.5) is 4.39 Å². The average molecular weight is 577 g/mol. The highest BCUT2D eigenvalue weighted by atomic mass is 35.5. The Bertz CT molecular complexity index is 1390. The van der Waals surface area contributed by atoms with E-state index in [2.05, 4.69) is 36.0 Å². The van der Waals surface area contributed by atoms with Gasteiger partial charge in [0.15, 0.2) is 0 Å². The van der Waals surface area contributed by atoms with Crippen LogP contribution >= 0.6 is 11.6 Å². The number of hydrogen-bond acceptors (Lipinski definition) is 3. The molecule has 1 aliphatic heterocycles. The zero-order valence-corrected chi connectivity index (χ0v) is 25.2. The van der Waals surface area contributed by atoms with Crippen molar-refractivity contribution in [3.8, 4) is 5.69 Å². The molecule has 4 rings (SSSR count). The van der Waals surface area contributed by atoms with Crippen molar-refractivity contribution in [3.05, 3.63) is 119 Å². The molecule has 6 heteroatoms. The molecule has 4 nitrogen and oxygen atoms in total. The summed E-state index contributed by atoms with van der Waals surface area (Å²) < 4.78 is 17.6. The molecule has 0 saturated carbocycles. The summed E-state index contributed by atoms with van der Waals surface area (Å²) in [5, 5.41) is 13.6. The summed E-state index contributed by atoms with van der Waals surface area (Å²) in [6, 6.07) is 15.2. The molecule has 1 aliphatic rings. The third-order valence-electron chi connectivity index (χ3n) is 7.54. The largest absolute Gasteiger partial charge is 0.392 e. The minimum Gasteiger partial charge on any atom is -0.392 e. The van der Waals surface area contributed by atoms with Gasteiger partial charge in [-0.2, -0.15) is 0 Å². The van der Waals surface area contributed by atoms with Crippen molar-refractivity contribution in [3.63, 3.8) is 0 Å². The molecule has 0 bridgehead atoms. The number of Topliss-reactive ketones (excluding diaryl/α,β-unsaturated/α-hetero) is 1. The summed E-state index contributed by atoms with van der Waals surface area (Å²) in [6.07, 6.45) is 9.15. The van der Waals surface area contributed by atoms with Crippen LogP contribution in [0.1, 0.15) is 67.3 Å². The van der Waals surface area contributed by atoms with E-state index in [9.17, 15) is 9.90 Å². The molecule has 0 fully saturated rings. The van der Waals surface area contributed by atoms with Gasteiger partial charge < -0.3 is 15.0 Å². The first-order chi connectivity index (χ1) is 19.9. The van der Waals surface area contributed by atoms with Crippen LogP contribution in [0.2, 0.25) is 5.02 Å². The van der Waals surface area contributed by atoms with Crippen molar-refractivity contribution in [2.75, 3.05) is 20.2 Å². The SMILES string of the molecule is C=C.CC/C=C(\CO)CC(CCNC)CC(=O)CC1=CC(c2cccc(C)c2F)c2cc(Cl)ccc2-n2cccc21. The van der Waals surface area contributed by atoms with Crippen LogP contribution in [0.3, 0.4) is 0 Å². The fourth-order valence-corrected chi connectivity index (χ4v) is 5.82. The zero-order chi connectivity index (χ0) is 29.9. The number of rotatable bonds is 12. The number of allylic oxidation sites excluding steroid dienone is 3. The maximum Gasteiger partial charge on any atom is 0.137 e. The molecule has 2 aromatic carbocycles. The van der Waals surface area contributed by atoms with Gasteiger partial charge in [0.05, 0.1) is 6.61 Å². The van der Waals surface area contributed by atoms with Gasteiger partial charge in [0, 0.05) is 41.4 Å². The number of benzene rings is 2. The lowest BCUT2D eigenvalue weighted by Gasteiger charge is -2.19. The second-order valence-corrected chi connectivity index (χ2v) is 10.9. The highest BCUT2D eigenvalue weighted by molar-refractivity contribution is 6.30. The fraction of sp³-hybridized carbons (Fsp3) is 0.343. The molecule has 2 N–H and O–H groups in total.